The van der Waals surface area contributed by atoms with E-state index in [0.29, 0.717) is 41.7 Å². The average molecular weight is 426 g/mol. The number of ether oxygens (including phenoxy) is 1. The number of aromatic nitrogens is 1. The molecule has 7 nitrogen and oxygen atoms in total. The van der Waals surface area contributed by atoms with Crippen molar-refractivity contribution in [1.82, 2.24) is 20.9 Å². The minimum absolute atomic E-state index is 0.109. The van der Waals surface area contributed by atoms with E-state index in [-0.39, 0.29) is 18.2 Å². The van der Waals surface area contributed by atoms with Gasteiger partial charge in [0.1, 0.15) is 10.6 Å². The van der Waals surface area contributed by atoms with Crippen molar-refractivity contribution >= 4 is 23.2 Å². The van der Waals surface area contributed by atoms with Gasteiger partial charge in [0.05, 0.1) is 17.7 Å². The van der Waals surface area contributed by atoms with Gasteiger partial charge in [0.2, 0.25) is 0 Å². The van der Waals surface area contributed by atoms with Crippen LogP contribution in [0.2, 0.25) is 0 Å². The van der Waals surface area contributed by atoms with E-state index < -0.39 is 6.61 Å². The molecule has 29 heavy (non-hydrogen) atoms. The van der Waals surface area contributed by atoms with Crippen LogP contribution in [0.25, 0.3) is 0 Å². The summed E-state index contributed by atoms with van der Waals surface area (Å²) in [6.45, 7) is 4.33. The van der Waals surface area contributed by atoms with E-state index >= 15 is 0 Å². The van der Waals surface area contributed by atoms with Crippen molar-refractivity contribution in [3.63, 3.8) is 0 Å². The molecule has 0 aliphatic heterocycles. The zero-order valence-corrected chi connectivity index (χ0v) is 17.4. The molecule has 0 aliphatic carbocycles. The number of benzene rings is 1. The monoisotopic (exact) mass is 425 g/mol. The molecule has 0 atom stereocenters. The van der Waals surface area contributed by atoms with Gasteiger partial charge in [0, 0.05) is 25.2 Å². The normalized spacial score (nSPS) is 11.4. The van der Waals surface area contributed by atoms with Crippen LogP contribution >= 0.6 is 11.3 Å². The summed E-state index contributed by atoms with van der Waals surface area (Å²) >= 11 is 1.30. The highest BCUT2D eigenvalue weighted by Gasteiger charge is 2.11. The highest BCUT2D eigenvalue weighted by Crippen LogP contribution is 2.22. The van der Waals surface area contributed by atoms with Gasteiger partial charge in [0.25, 0.3) is 5.91 Å². The summed E-state index contributed by atoms with van der Waals surface area (Å²) in [5, 5.41) is 9.00. The number of guanidine groups is 1. The third kappa shape index (κ3) is 7.30. The van der Waals surface area contributed by atoms with Crippen LogP contribution in [0.5, 0.6) is 5.75 Å². The second-order valence-electron chi connectivity index (χ2n) is 6.13. The number of carbonyl (C=O) groups is 1. The Kier molecular flexibility index (Phi) is 8.78. The Morgan fingerprint density at radius 1 is 1.24 bits per heavy atom. The molecule has 158 valence electrons. The van der Waals surface area contributed by atoms with Gasteiger partial charge in [-0.1, -0.05) is 17.7 Å². The van der Waals surface area contributed by atoms with E-state index in [1.54, 1.807) is 24.6 Å². The van der Waals surface area contributed by atoms with Gasteiger partial charge in [-0.05, 0) is 26.8 Å². The lowest BCUT2D eigenvalue weighted by molar-refractivity contribution is -0.0504. The van der Waals surface area contributed by atoms with Crippen molar-refractivity contribution in [2.75, 3.05) is 19.6 Å². The molecule has 10 heteroatoms. The molecule has 2 rings (SSSR count). The van der Waals surface area contributed by atoms with Crippen molar-refractivity contribution in [2.24, 2.45) is 4.99 Å². The number of aryl methyl sites for hydroxylation is 2. The Morgan fingerprint density at radius 2 is 2.00 bits per heavy atom. The minimum atomic E-state index is -2.89. The highest BCUT2D eigenvalue weighted by molar-refractivity contribution is 7.11. The smallest absolute Gasteiger partial charge is 0.387 e. The number of alkyl halides is 2. The predicted octanol–water partition coefficient (Wildman–Crippen LogP) is 2.85. The van der Waals surface area contributed by atoms with Gasteiger partial charge in [-0.25, -0.2) is 9.98 Å². The molecule has 0 unspecified atom stereocenters. The summed E-state index contributed by atoms with van der Waals surface area (Å²) < 4.78 is 29.8. The van der Waals surface area contributed by atoms with E-state index in [1.165, 1.54) is 17.4 Å². The van der Waals surface area contributed by atoms with Crippen LogP contribution in [-0.4, -0.2) is 43.1 Å². The fraction of sp³-hybridized carbons (Fsp3) is 0.421. The van der Waals surface area contributed by atoms with Gasteiger partial charge in [-0.15, -0.1) is 11.3 Å². The molecular weight excluding hydrogens is 400 g/mol. The molecule has 1 aromatic heterocycles. The third-order valence-corrected chi connectivity index (χ3v) is 4.77. The van der Waals surface area contributed by atoms with E-state index in [0.717, 1.165) is 5.56 Å². The first-order valence-corrected chi connectivity index (χ1v) is 10.0. The topological polar surface area (TPSA) is 87.6 Å². The molecule has 1 aromatic carbocycles. The molecule has 1 amide bonds. The lowest BCUT2D eigenvalue weighted by Gasteiger charge is -2.13. The van der Waals surface area contributed by atoms with Gasteiger partial charge in [0.15, 0.2) is 5.96 Å². The maximum Gasteiger partial charge on any atom is 0.387 e. The number of nitrogens with one attached hydrogen (secondary N) is 3. The fourth-order valence-electron chi connectivity index (χ4n) is 2.51. The molecule has 1 heterocycles. The largest absolute Gasteiger partial charge is 0.434 e. The highest BCUT2D eigenvalue weighted by atomic mass is 32.1. The molecule has 0 spiro atoms. The second-order valence-corrected chi connectivity index (χ2v) is 6.99. The van der Waals surface area contributed by atoms with Crippen molar-refractivity contribution < 1.29 is 18.3 Å². The number of halogens is 2. The Labute approximate surface area is 172 Å². The van der Waals surface area contributed by atoms with E-state index in [1.807, 2.05) is 13.8 Å². The Hall–Kier alpha value is -2.75. The number of thiazole rings is 1. The lowest BCUT2D eigenvalue weighted by atomic mass is 10.1. The summed E-state index contributed by atoms with van der Waals surface area (Å²) in [6.07, 6.45) is 0. The molecule has 0 radical (unpaired) electrons. The molecule has 0 aliphatic rings. The third-order valence-electron chi connectivity index (χ3n) is 3.84. The second kappa shape index (κ2) is 11.3. The number of hydrogen-bond donors (Lipinski definition) is 3. The first-order valence-electron chi connectivity index (χ1n) is 9.15. The number of amides is 1. The van der Waals surface area contributed by atoms with Crippen LogP contribution in [0.4, 0.5) is 8.78 Å². The predicted molar refractivity (Wildman–Crippen MR) is 110 cm³/mol. The SMILES string of the molecule is CCNC(=NCc1cc(C)ccc1OC(F)F)NCCNC(=O)c1scnc1C. The van der Waals surface area contributed by atoms with E-state index in [2.05, 4.69) is 30.7 Å². The quantitative estimate of drug-likeness (QED) is 0.327. The molecule has 0 saturated heterocycles. The molecule has 0 bridgehead atoms. The Morgan fingerprint density at radius 3 is 2.66 bits per heavy atom. The Balaban J connectivity index is 1.92. The maximum atomic E-state index is 12.6. The van der Waals surface area contributed by atoms with Crippen molar-refractivity contribution in [3.8, 4) is 5.75 Å². The van der Waals surface area contributed by atoms with Crippen molar-refractivity contribution in [2.45, 2.75) is 33.9 Å². The van der Waals surface area contributed by atoms with Crippen molar-refractivity contribution in [3.05, 3.63) is 45.4 Å². The zero-order valence-electron chi connectivity index (χ0n) is 16.6. The van der Waals surface area contributed by atoms with Crippen LogP contribution in [0.15, 0.2) is 28.7 Å². The molecule has 0 fully saturated rings. The molecular formula is C19H25F2N5O2S. The van der Waals surface area contributed by atoms with Gasteiger partial charge < -0.3 is 20.7 Å². The van der Waals surface area contributed by atoms with Gasteiger partial charge >= 0.3 is 6.61 Å². The molecule has 3 N–H and O–H groups in total. The number of rotatable bonds is 9. The van der Waals surface area contributed by atoms with E-state index in [4.69, 9.17) is 0 Å². The molecule has 2 aromatic rings. The van der Waals surface area contributed by atoms with Gasteiger partial charge in [-0.3, -0.25) is 4.79 Å². The lowest BCUT2D eigenvalue weighted by Crippen LogP contribution is -2.41. The summed E-state index contributed by atoms with van der Waals surface area (Å²) in [4.78, 5) is 21.2. The van der Waals surface area contributed by atoms with Crippen LogP contribution in [0, 0.1) is 13.8 Å². The zero-order chi connectivity index (χ0) is 21.2. The van der Waals surface area contributed by atoms with Crippen LogP contribution < -0.4 is 20.7 Å². The van der Waals surface area contributed by atoms with Gasteiger partial charge in [-0.2, -0.15) is 8.78 Å². The summed E-state index contributed by atoms with van der Waals surface area (Å²) in [5.41, 5.74) is 3.83. The fourth-order valence-corrected chi connectivity index (χ4v) is 3.22. The maximum absolute atomic E-state index is 12.6. The Bertz CT molecular complexity index is 842. The number of hydrogen-bond acceptors (Lipinski definition) is 5. The summed E-state index contributed by atoms with van der Waals surface area (Å²) in [7, 11) is 0. The number of aliphatic imine (C=N–C) groups is 1. The summed E-state index contributed by atoms with van der Waals surface area (Å²) in [5.74, 6) is 0.458. The van der Waals surface area contributed by atoms with Crippen molar-refractivity contribution in [1.29, 1.82) is 0 Å². The van der Waals surface area contributed by atoms with Crippen LogP contribution in [0.1, 0.15) is 33.4 Å². The van der Waals surface area contributed by atoms with E-state index in [9.17, 15) is 13.6 Å². The standard InChI is InChI=1S/C19H25F2N5O2S/c1-4-22-19(24-8-7-23-17(27)16-13(3)26-11-29-16)25-10-14-9-12(2)5-6-15(14)28-18(20)21/h5-6,9,11,18H,4,7-8,10H2,1-3H3,(H,23,27)(H2,22,24,25). The summed E-state index contributed by atoms with van der Waals surface area (Å²) in [6, 6.07) is 4.99. The number of carbonyl (C=O) groups excluding carboxylic acids is 1. The minimum Gasteiger partial charge on any atom is -0.434 e. The molecule has 0 saturated carbocycles. The number of nitrogens with zero attached hydrogens (tertiary/aromatic N) is 2. The first kappa shape index (κ1) is 22.5. The van der Waals surface area contributed by atoms with Crippen LogP contribution in [0.3, 0.4) is 0 Å². The van der Waals surface area contributed by atoms with Crippen LogP contribution in [-0.2, 0) is 6.54 Å². The average Bonchev–Trinajstić information content (AvgIpc) is 3.10. The first-order chi connectivity index (χ1) is 13.9.